The maximum atomic E-state index is 13.1. The Labute approximate surface area is 99.0 Å². The maximum Gasteiger partial charge on any atom is 0.292 e. The summed E-state index contributed by atoms with van der Waals surface area (Å²) in [6, 6.07) is 3.61. The van der Waals surface area contributed by atoms with E-state index in [4.69, 9.17) is 0 Å². The van der Waals surface area contributed by atoms with E-state index < -0.39 is 10.7 Å². The summed E-state index contributed by atoms with van der Waals surface area (Å²) in [7, 11) is 0. The molecule has 0 heterocycles. The number of nitrogens with zero attached hydrogens (tertiary/aromatic N) is 1. The molecule has 1 saturated carbocycles. The first-order valence-corrected chi connectivity index (χ1v) is 5.76. The number of nitrogens with one attached hydrogen (secondary N) is 1. The van der Waals surface area contributed by atoms with Gasteiger partial charge in [-0.05, 0) is 25.3 Å². The van der Waals surface area contributed by atoms with Crippen molar-refractivity contribution in [3.63, 3.8) is 0 Å². The van der Waals surface area contributed by atoms with Crippen molar-refractivity contribution in [2.24, 2.45) is 5.92 Å². The summed E-state index contributed by atoms with van der Waals surface area (Å²) < 4.78 is 13.1. The maximum absolute atomic E-state index is 13.1. The minimum atomic E-state index is -0.494. The number of rotatable bonds is 5. The monoisotopic (exact) mass is 238 g/mol. The lowest BCUT2D eigenvalue weighted by atomic mass is 10.1. The summed E-state index contributed by atoms with van der Waals surface area (Å²) in [5.74, 6) is 0.266. The van der Waals surface area contributed by atoms with Gasteiger partial charge in [0.2, 0.25) is 0 Å². The van der Waals surface area contributed by atoms with E-state index in [0.717, 1.165) is 18.4 Å². The lowest BCUT2D eigenvalue weighted by Gasteiger charge is -2.14. The molecule has 4 nitrogen and oxygen atoms in total. The van der Waals surface area contributed by atoms with Gasteiger partial charge < -0.3 is 5.32 Å². The minimum absolute atomic E-state index is 0.0750. The fraction of sp³-hybridized carbons (Fsp3) is 0.500. The molecular formula is C12H15FN2O2. The van der Waals surface area contributed by atoms with Crippen molar-refractivity contribution in [3.05, 3.63) is 34.1 Å². The second-order valence-corrected chi connectivity index (χ2v) is 4.64. The highest BCUT2D eigenvalue weighted by Gasteiger charge is 2.24. The van der Waals surface area contributed by atoms with Gasteiger partial charge >= 0.3 is 0 Å². The number of hydrogen-bond acceptors (Lipinski definition) is 3. The molecule has 0 aliphatic heterocycles. The molecule has 0 aromatic heterocycles. The topological polar surface area (TPSA) is 55.2 Å². The molecule has 17 heavy (non-hydrogen) atoms. The van der Waals surface area contributed by atoms with Crippen LogP contribution >= 0.6 is 0 Å². The third kappa shape index (κ3) is 3.15. The molecule has 1 aromatic rings. The van der Waals surface area contributed by atoms with Crippen LogP contribution in [0.25, 0.3) is 0 Å². The fourth-order valence-corrected chi connectivity index (χ4v) is 1.96. The Morgan fingerprint density at radius 1 is 1.59 bits per heavy atom. The number of anilines is 1. The molecule has 1 aliphatic rings. The Bertz CT molecular complexity index is 433. The van der Waals surface area contributed by atoms with Crippen LogP contribution in [0.3, 0.4) is 0 Å². The molecule has 1 aliphatic carbocycles. The molecule has 0 amide bonds. The molecule has 1 aromatic carbocycles. The highest BCUT2D eigenvalue weighted by Crippen LogP contribution is 2.35. The Morgan fingerprint density at radius 2 is 2.29 bits per heavy atom. The molecule has 0 spiro atoms. The van der Waals surface area contributed by atoms with Crippen LogP contribution in [-0.2, 0) is 0 Å². The van der Waals surface area contributed by atoms with Crippen molar-refractivity contribution < 1.29 is 9.31 Å². The van der Waals surface area contributed by atoms with Crippen LogP contribution in [0, 0.1) is 21.8 Å². The van der Waals surface area contributed by atoms with E-state index in [0.29, 0.717) is 0 Å². The van der Waals surface area contributed by atoms with Gasteiger partial charge in [0.1, 0.15) is 11.5 Å². The zero-order valence-electron chi connectivity index (χ0n) is 9.65. The second kappa shape index (κ2) is 4.69. The number of benzene rings is 1. The summed E-state index contributed by atoms with van der Waals surface area (Å²) in [6.45, 7) is 1.97. The van der Waals surface area contributed by atoms with Crippen molar-refractivity contribution in [3.8, 4) is 0 Å². The first kappa shape index (κ1) is 11.8. The molecule has 0 bridgehead atoms. The van der Waals surface area contributed by atoms with Crippen molar-refractivity contribution in [2.75, 3.05) is 5.32 Å². The zero-order chi connectivity index (χ0) is 12.4. The van der Waals surface area contributed by atoms with Gasteiger partial charge in [0.15, 0.2) is 0 Å². The third-order valence-corrected chi connectivity index (χ3v) is 2.94. The van der Waals surface area contributed by atoms with Crippen LogP contribution in [0.4, 0.5) is 15.8 Å². The zero-order valence-corrected chi connectivity index (χ0v) is 9.65. The number of nitro groups is 1. The van der Waals surface area contributed by atoms with Crippen molar-refractivity contribution in [1.29, 1.82) is 0 Å². The Balaban J connectivity index is 2.11. The normalized spacial score (nSPS) is 16.6. The average molecular weight is 238 g/mol. The van der Waals surface area contributed by atoms with Gasteiger partial charge in [-0.15, -0.1) is 0 Å². The molecule has 1 fully saturated rings. The quantitative estimate of drug-likeness (QED) is 0.632. The van der Waals surface area contributed by atoms with Crippen LogP contribution in [0.2, 0.25) is 0 Å². The van der Waals surface area contributed by atoms with Crippen LogP contribution in [0.5, 0.6) is 0 Å². The van der Waals surface area contributed by atoms with Crippen LogP contribution < -0.4 is 5.32 Å². The van der Waals surface area contributed by atoms with E-state index in [1.807, 2.05) is 6.92 Å². The molecular weight excluding hydrogens is 223 g/mol. The fourth-order valence-electron chi connectivity index (χ4n) is 1.96. The summed E-state index contributed by atoms with van der Waals surface area (Å²) >= 11 is 0. The predicted octanol–water partition coefficient (Wildman–Crippen LogP) is 3.33. The van der Waals surface area contributed by atoms with Gasteiger partial charge in [-0.25, -0.2) is 4.39 Å². The lowest BCUT2D eigenvalue weighted by molar-refractivity contribution is -0.384. The van der Waals surface area contributed by atoms with E-state index in [1.54, 1.807) is 0 Å². The van der Waals surface area contributed by atoms with Crippen LogP contribution in [-0.4, -0.2) is 11.0 Å². The van der Waals surface area contributed by atoms with Crippen molar-refractivity contribution in [2.45, 2.75) is 32.2 Å². The van der Waals surface area contributed by atoms with Gasteiger partial charge in [0.25, 0.3) is 5.69 Å². The van der Waals surface area contributed by atoms with E-state index in [9.17, 15) is 14.5 Å². The van der Waals surface area contributed by atoms with Crippen molar-refractivity contribution in [1.82, 2.24) is 0 Å². The van der Waals surface area contributed by atoms with Gasteiger partial charge in [-0.2, -0.15) is 0 Å². The van der Waals surface area contributed by atoms with E-state index in [2.05, 4.69) is 5.32 Å². The van der Waals surface area contributed by atoms with Gasteiger partial charge in [0, 0.05) is 18.2 Å². The molecule has 0 saturated heterocycles. The molecule has 1 N–H and O–H groups in total. The molecule has 5 heteroatoms. The lowest BCUT2D eigenvalue weighted by Crippen LogP contribution is -2.16. The average Bonchev–Trinajstić information content (AvgIpc) is 3.00. The summed E-state index contributed by atoms with van der Waals surface area (Å²) in [6.07, 6.45) is 3.45. The van der Waals surface area contributed by atoms with Gasteiger partial charge in [-0.3, -0.25) is 10.1 Å². The number of nitro benzene ring substituents is 1. The smallest absolute Gasteiger partial charge is 0.292 e. The first-order chi connectivity index (χ1) is 8.06. The highest BCUT2D eigenvalue weighted by atomic mass is 19.1. The standard InChI is InChI=1S/C12H15FN2O2/c1-8(6-9-2-3-9)14-11-7-10(13)4-5-12(11)15(16)17/h4-5,7-9,14H,2-3,6H2,1H3. The Morgan fingerprint density at radius 3 is 2.88 bits per heavy atom. The number of hydrogen-bond donors (Lipinski definition) is 1. The highest BCUT2D eigenvalue weighted by molar-refractivity contribution is 5.61. The van der Waals surface area contributed by atoms with Gasteiger partial charge in [0.05, 0.1) is 4.92 Å². The van der Waals surface area contributed by atoms with Crippen LogP contribution in [0.15, 0.2) is 18.2 Å². The van der Waals surface area contributed by atoms with Crippen molar-refractivity contribution >= 4 is 11.4 Å². The first-order valence-electron chi connectivity index (χ1n) is 5.76. The molecule has 1 atom stereocenters. The Kier molecular flexibility index (Phi) is 3.26. The Hall–Kier alpha value is -1.65. The molecule has 1 unspecified atom stereocenters. The summed E-state index contributed by atoms with van der Waals surface area (Å²) in [5, 5.41) is 13.8. The predicted molar refractivity (Wildman–Crippen MR) is 63.5 cm³/mol. The van der Waals surface area contributed by atoms with E-state index >= 15 is 0 Å². The summed E-state index contributed by atoms with van der Waals surface area (Å²) in [5.41, 5.74) is 0.192. The molecule has 2 rings (SSSR count). The third-order valence-electron chi connectivity index (χ3n) is 2.94. The molecule has 92 valence electrons. The largest absolute Gasteiger partial charge is 0.377 e. The SMILES string of the molecule is CC(CC1CC1)Nc1cc(F)ccc1[N+](=O)[O-]. The minimum Gasteiger partial charge on any atom is -0.377 e. The molecule has 0 radical (unpaired) electrons. The van der Waals surface area contributed by atoms with E-state index in [1.165, 1.54) is 25.0 Å². The second-order valence-electron chi connectivity index (χ2n) is 4.64. The van der Waals surface area contributed by atoms with Crippen LogP contribution in [0.1, 0.15) is 26.2 Å². The van der Waals surface area contributed by atoms with Gasteiger partial charge in [-0.1, -0.05) is 12.8 Å². The van der Waals surface area contributed by atoms with E-state index in [-0.39, 0.29) is 17.4 Å². The summed E-state index contributed by atoms with van der Waals surface area (Å²) in [4.78, 5) is 10.3. The number of halogens is 1.